The summed E-state index contributed by atoms with van der Waals surface area (Å²) in [5, 5.41) is 0. The molecule has 1 unspecified atom stereocenters. The molecule has 1 saturated heterocycles. The van der Waals surface area contributed by atoms with E-state index in [-0.39, 0.29) is 11.8 Å². The Kier molecular flexibility index (Phi) is 2.77. The molecule has 0 aromatic heterocycles. The number of ether oxygens (including phenoxy) is 1. The van der Waals surface area contributed by atoms with E-state index in [2.05, 4.69) is 0 Å². The molecule has 1 heterocycles. The lowest BCUT2D eigenvalue weighted by Gasteiger charge is -2.17. The fourth-order valence-corrected chi connectivity index (χ4v) is 2.34. The molecule has 3 nitrogen and oxygen atoms in total. The highest BCUT2D eigenvalue weighted by atomic mass is 32.2. The van der Waals surface area contributed by atoms with Crippen LogP contribution in [-0.2, 0) is 14.3 Å². The third-order valence-electron chi connectivity index (χ3n) is 1.97. The van der Waals surface area contributed by atoms with Gasteiger partial charge in [0.15, 0.2) is 5.78 Å². The van der Waals surface area contributed by atoms with Crippen LogP contribution in [0, 0.1) is 5.41 Å². The van der Waals surface area contributed by atoms with Crippen molar-refractivity contribution < 1.29 is 14.3 Å². The first-order valence-corrected chi connectivity index (χ1v) is 5.05. The van der Waals surface area contributed by atoms with Gasteiger partial charge < -0.3 is 4.74 Å². The van der Waals surface area contributed by atoms with Gasteiger partial charge >= 0.3 is 5.97 Å². The molecule has 0 aliphatic carbocycles. The molecule has 0 bridgehead atoms. The van der Waals surface area contributed by atoms with E-state index in [1.54, 1.807) is 13.8 Å². The maximum Gasteiger partial charge on any atom is 0.320 e. The average Bonchev–Trinajstić information content (AvgIpc) is 2.34. The molecule has 0 saturated carbocycles. The van der Waals surface area contributed by atoms with Crippen LogP contribution in [0.15, 0.2) is 0 Å². The number of hydrogen-bond donors (Lipinski definition) is 0. The Morgan fingerprint density at radius 2 is 2.42 bits per heavy atom. The quantitative estimate of drug-likeness (QED) is 0.476. The van der Waals surface area contributed by atoms with Gasteiger partial charge in [0.2, 0.25) is 0 Å². The van der Waals surface area contributed by atoms with E-state index in [0.717, 1.165) is 0 Å². The topological polar surface area (TPSA) is 43.4 Å². The zero-order chi connectivity index (χ0) is 9.19. The van der Waals surface area contributed by atoms with Crippen LogP contribution in [0.5, 0.6) is 0 Å². The molecule has 0 radical (unpaired) electrons. The number of ketones is 1. The largest absolute Gasteiger partial charge is 0.465 e. The van der Waals surface area contributed by atoms with Crippen molar-refractivity contribution in [2.24, 2.45) is 5.41 Å². The van der Waals surface area contributed by atoms with Crippen LogP contribution in [0.4, 0.5) is 0 Å². The van der Waals surface area contributed by atoms with E-state index in [0.29, 0.717) is 18.1 Å². The second-order valence-electron chi connectivity index (χ2n) is 2.97. The van der Waals surface area contributed by atoms with E-state index >= 15 is 0 Å². The number of thioether (sulfide) groups is 1. The minimum absolute atomic E-state index is 0.00838. The summed E-state index contributed by atoms with van der Waals surface area (Å²) in [6.45, 7) is 3.74. The Labute approximate surface area is 75.8 Å². The minimum Gasteiger partial charge on any atom is -0.465 e. The van der Waals surface area contributed by atoms with Gasteiger partial charge in [0.1, 0.15) is 5.41 Å². The normalized spacial score (nSPS) is 29.0. The Morgan fingerprint density at radius 1 is 1.75 bits per heavy atom. The van der Waals surface area contributed by atoms with Gasteiger partial charge in [-0.25, -0.2) is 0 Å². The second kappa shape index (κ2) is 3.47. The number of carbonyl (C=O) groups is 2. The van der Waals surface area contributed by atoms with E-state index in [4.69, 9.17) is 4.74 Å². The Hall–Kier alpha value is -0.510. The molecule has 0 amide bonds. The van der Waals surface area contributed by atoms with Crippen LogP contribution in [0.2, 0.25) is 0 Å². The molecule has 1 aliphatic rings. The monoisotopic (exact) mass is 188 g/mol. The SMILES string of the molecule is CCOC(=O)C1(C)CSCC1=O. The first kappa shape index (κ1) is 9.58. The molecule has 12 heavy (non-hydrogen) atoms. The Morgan fingerprint density at radius 3 is 2.83 bits per heavy atom. The molecule has 0 aromatic carbocycles. The molecule has 0 spiro atoms. The van der Waals surface area contributed by atoms with Crippen molar-refractivity contribution >= 4 is 23.5 Å². The number of hydrogen-bond acceptors (Lipinski definition) is 4. The molecule has 1 aliphatic heterocycles. The average molecular weight is 188 g/mol. The summed E-state index contributed by atoms with van der Waals surface area (Å²) in [6, 6.07) is 0. The van der Waals surface area contributed by atoms with Gasteiger partial charge in [-0.15, -0.1) is 0 Å². The predicted molar refractivity (Wildman–Crippen MR) is 47.1 cm³/mol. The summed E-state index contributed by atoms with van der Waals surface area (Å²) in [7, 11) is 0. The second-order valence-corrected chi connectivity index (χ2v) is 3.95. The van der Waals surface area contributed by atoms with Crippen LogP contribution in [0.1, 0.15) is 13.8 Å². The van der Waals surface area contributed by atoms with Gasteiger partial charge in [-0.1, -0.05) is 0 Å². The highest BCUT2D eigenvalue weighted by molar-refractivity contribution is 8.00. The molecule has 4 heteroatoms. The summed E-state index contributed by atoms with van der Waals surface area (Å²) in [4.78, 5) is 22.6. The lowest BCUT2D eigenvalue weighted by atomic mass is 9.89. The first-order valence-electron chi connectivity index (χ1n) is 3.89. The van der Waals surface area contributed by atoms with Crippen LogP contribution < -0.4 is 0 Å². The summed E-state index contributed by atoms with van der Waals surface area (Å²) in [5.41, 5.74) is -0.874. The van der Waals surface area contributed by atoms with E-state index in [9.17, 15) is 9.59 Å². The van der Waals surface area contributed by atoms with Crippen molar-refractivity contribution in [3.63, 3.8) is 0 Å². The lowest BCUT2D eigenvalue weighted by Crippen LogP contribution is -2.36. The summed E-state index contributed by atoms with van der Waals surface area (Å²) in [5.74, 6) is 0.617. The summed E-state index contributed by atoms with van der Waals surface area (Å²) < 4.78 is 4.83. The molecule has 0 aromatic rings. The number of rotatable bonds is 2. The van der Waals surface area contributed by atoms with E-state index in [1.807, 2.05) is 0 Å². The molecular formula is C8H12O3S. The lowest BCUT2D eigenvalue weighted by molar-refractivity contribution is -0.156. The molecule has 1 rings (SSSR count). The molecular weight excluding hydrogens is 176 g/mol. The molecule has 0 N–H and O–H groups in total. The van der Waals surface area contributed by atoms with Crippen molar-refractivity contribution in [1.29, 1.82) is 0 Å². The zero-order valence-corrected chi connectivity index (χ0v) is 8.07. The summed E-state index contributed by atoms with van der Waals surface area (Å²) in [6.07, 6.45) is 0. The van der Waals surface area contributed by atoms with Gasteiger partial charge in [0, 0.05) is 5.75 Å². The molecule has 68 valence electrons. The van der Waals surface area contributed by atoms with E-state index < -0.39 is 5.41 Å². The fourth-order valence-electron chi connectivity index (χ4n) is 1.05. The van der Waals surface area contributed by atoms with Gasteiger partial charge in [0.05, 0.1) is 12.4 Å². The summed E-state index contributed by atoms with van der Waals surface area (Å²) >= 11 is 1.49. The number of esters is 1. The van der Waals surface area contributed by atoms with E-state index in [1.165, 1.54) is 11.8 Å². The van der Waals surface area contributed by atoms with Gasteiger partial charge in [-0.05, 0) is 13.8 Å². The van der Waals surface area contributed by atoms with Gasteiger partial charge in [0.25, 0.3) is 0 Å². The maximum absolute atomic E-state index is 11.3. The third-order valence-corrected chi connectivity index (χ3v) is 3.21. The highest BCUT2D eigenvalue weighted by Crippen LogP contribution is 2.33. The van der Waals surface area contributed by atoms with Crippen molar-refractivity contribution in [2.45, 2.75) is 13.8 Å². The maximum atomic E-state index is 11.3. The Balaban J connectivity index is 2.70. The van der Waals surface area contributed by atoms with Crippen molar-refractivity contribution in [1.82, 2.24) is 0 Å². The molecule has 1 atom stereocenters. The van der Waals surface area contributed by atoms with Crippen LogP contribution in [-0.4, -0.2) is 29.9 Å². The van der Waals surface area contributed by atoms with Crippen LogP contribution in [0.25, 0.3) is 0 Å². The van der Waals surface area contributed by atoms with Gasteiger partial charge in [-0.3, -0.25) is 9.59 Å². The van der Waals surface area contributed by atoms with Crippen LogP contribution >= 0.6 is 11.8 Å². The predicted octanol–water partition coefficient (Wildman–Crippen LogP) is 0.872. The highest BCUT2D eigenvalue weighted by Gasteiger charge is 2.46. The van der Waals surface area contributed by atoms with Gasteiger partial charge in [-0.2, -0.15) is 11.8 Å². The van der Waals surface area contributed by atoms with Crippen molar-refractivity contribution in [3.8, 4) is 0 Å². The first-order chi connectivity index (χ1) is 5.61. The standard InChI is InChI=1S/C8H12O3S/c1-3-11-7(10)8(2)5-12-4-6(8)9/h3-5H2,1-2H3. The molecule has 1 fully saturated rings. The minimum atomic E-state index is -0.874. The van der Waals surface area contributed by atoms with Crippen LogP contribution in [0.3, 0.4) is 0 Å². The zero-order valence-electron chi connectivity index (χ0n) is 7.25. The van der Waals surface area contributed by atoms with Crippen molar-refractivity contribution in [3.05, 3.63) is 0 Å². The van der Waals surface area contributed by atoms with Crippen molar-refractivity contribution in [2.75, 3.05) is 18.1 Å². The third kappa shape index (κ3) is 1.48. The smallest absolute Gasteiger partial charge is 0.320 e. The Bertz CT molecular complexity index is 214. The number of Topliss-reactive ketones (excluding diaryl/α,β-unsaturated/α-hetero) is 1. The fraction of sp³-hybridized carbons (Fsp3) is 0.750. The number of carbonyl (C=O) groups excluding carboxylic acids is 2.